The van der Waals surface area contributed by atoms with Crippen molar-refractivity contribution in [3.63, 3.8) is 0 Å². The number of nitrogens with two attached hydrogens (primary N) is 1. The third kappa shape index (κ3) is 2.62. The van der Waals surface area contributed by atoms with Gasteiger partial charge in [-0.25, -0.2) is 0 Å². The standard InChI is InChI=1S/C9H13NO2S/c1-3-12-9(10)8(11)7-5-4-6(2)13-7/h4-5,9H,3,10H2,1-2H3. The van der Waals surface area contributed by atoms with E-state index in [0.29, 0.717) is 11.5 Å². The van der Waals surface area contributed by atoms with Crippen LogP contribution in [-0.2, 0) is 4.74 Å². The second-order valence-corrected chi connectivity index (χ2v) is 3.94. The third-order valence-electron chi connectivity index (χ3n) is 1.59. The summed E-state index contributed by atoms with van der Waals surface area (Å²) in [5.41, 5.74) is 5.50. The summed E-state index contributed by atoms with van der Waals surface area (Å²) in [5, 5.41) is 0. The van der Waals surface area contributed by atoms with Gasteiger partial charge in [-0.2, -0.15) is 0 Å². The minimum atomic E-state index is -0.817. The fourth-order valence-electron chi connectivity index (χ4n) is 0.962. The Bertz CT molecular complexity index is 296. The van der Waals surface area contributed by atoms with Crippen molar-refractivity contribution >= 4 is 17.1 Å². The van der Waals surface area contributed by atoms with E-state index in [0.717, 1.165) is 4.88 Å². The highest BCUT2D eigenvalue weighted by molar-refractivity contribution is 7.14. The van der Waals surface area contributed by atoms with Crippen LogP contribution in [0, 0.1) is 6.92 Å². The van der Waals surface area contributed by atoms with Gasteiger partial charge in [0.2, 0.25) is 5.78 Å². The summed E-state index contributed by atoms with van der Waals surface area (Å²) in [7, 11) is 0. The van der Waals surface area contributed by atoms with E-state index >= 15 is 0 Å². The number of hydrogen-bond acceptors (Lipinski definition) is 4. The molecule has 0 bridgehead atoms. The summed E-state index contributed by atoms with van der Waals surface area (Å²) in [4.78, 5) is 13.3. The van der Waals surface area contributed by atoms with Gasteiger partial charge in [0.05, 0.1) is 4.88 Å². The molecule has 0 aromatic carbocycles. The first kappa shape index (κ1) is 10.4. The molecule has 1 aromatic heterocycles. The van der Waals surface area contributed by atoms with Crippen LogP contribution in [0.5, 0.6) is 0 Å². The van der Waals surface area contributed by atoms with Crippen molar-refractivity contribution in [3.05, 3.63) is 21.9 Å². The summed E-state index contributed by atoms with van der Waals surface area (Å²) in [6.07, 6.45) is -0.817. The molecular weight excluding hydrogens is 186 g/mol. The molecule has 0 radical (unpaired) electrons. The molecule has 0 amide bonds. The molecule has 1 rings (SSSR count). The van der Waals surface area contributed by atoms with Crippen LogP contribution in [0.3, 0.4) is 0 Å². The average molecular weight is 199 g/mol. The van der Waals surface area contributed by atoms with Gasteiger partial charge in [-0.1, -0.05) is 0 Å². The number of ketones is 1. The van der Waals surface area contributed by atoms with Gasteiger partial charge >= 0.3 is 0 Å². The Balaban J connectivity index is 2.67. The Morgan fingerprint density at radius 3 is 2.85 bits per heavy atom. The van der Waals surface area contributed by atoms with Crippen LogP contribution in [-0.4, -0.2) is 18.6 Å². The smallest absolute Gasteiger partial charge is 0.216 e. The highest BCUT2D eigenvalue weighted by atomic mass is 32.1. The molecule has 1 heterocycles. The Morgan fingerprint density at radius 2 is 2.38 bits per heavy atom. The van der Waals surface area contributed by atoms with E-state index in [4.69, 9.17) is 10.5 Å². The summed E-state index contributed by atoms with van der Waals surface area (Å²) < 4.78 is 5.00. The average Bonchev–Trinajstić information content (AvgIpc) is 2.51. The maximum Gasteiger partial charge on any atom is 0.216 e. The van der Waals surface area contributed by atoms with Crippen molar-refractivity contribution in [2.45, 2.75) is 20.1 Å². The molecule has 0 aliphatic carbocycles. The number of hydrogen-bond donors (Lipinski definition) is 1. The van der Waals surface area contributed by atoms with Crippen LogP contribution in [0.15, 0.2) is 12.1 Å². The number of carbonyl (C=O) groups excluding carboxylic acids is 1. The summed E-state index contributed by atoms with van der Waals surface area (Å²) in [5.74, 6) is -0.139. The molecule has 1 atom stereocenters. The van der Waals surface area contributed by atoms with Gasteiger partial charge in [-0.15, -0.1) is 11.3 Å². The first-order valence-electron chi connectivity index (χ1n) is 4.13. The number of Topliss-reactive ketones (excluding diaryl/α,β-unsaturated/α-hetero) is 1. The second-order valence-electron chi connectivity index (χ2n) is 2.65. The summed E-state index contributed by atoms with van der Waals surface area (Å²) >= 11 is 1.44. The largest absolute Gasteiger partial charge is 0.356 e. The minimum absolute atomic E-state index is 0.139. The molecule has 0 saturated carbocycles. The molecule has 0 saturated heterocycles. The zero-order valence-electron chi connectivity index (χ0n) is 7.74. The SMILES string of the molecule is CCOC(N)C(=O)c1ccc(C)s1. The minimum Gasteiger partial charge on any atom is -0.356 e. The lowest BCUT2D eigenvalue weighted by Gasteiger charge is -2.07. The zero-order chi connectivity index (χ0) is 9.84. The van der Waals surface area contributed by atoms with Gasteiger partial charge in [0.1, 0.15) is 0 Å². The number of aryl methyl sites for hydroxylation is 1. The topological polar surface area (TPSA) is 52.3 Å². The predicted octanol–water partition coefficient (Wildman–Crippen LogP) is 1.56. The van der Waals surface area contributed by atoms with Crippen LogP contribution < -0.4 is 5.73 Å². The van der Waals surface area contributed by atoms with Gasteiger partial charge in [-0.05, 0) is 26.0 Å². The fraction of sp³-hybridized carbons (Fsp3) is 0.444. The molecule has 13 heavy (non-hydrogen) atoms. The molecule has 0 aliphatic rings. The molecule has 1 aromatic rings. The normalized spacial score (nSPS) is 12.8. The van der Waals surface area contributed by atoms with Crippen molar-refractivity contribution in [1.82, 2.24) is 0 Å². The molecule has 0 fully saturated rings. The van der Waals surface area contributed by atoms with Crippen molar-refractivity contribution in [3.8, 4) is 0 Å². The van der Waals surface area contributed by atoms with Crippen molar-refractivity contribution in [2.75, 3.05) is 6.61 Å². The van der Waals surface area contributed by atoms with E-state index < -0.39 is 6.23 Å². The van der Waals surface area contributed by atoms with Gasteiger partial charge in [-0.3, -0.25) is 10.5 Å². The highest BCUT2D eigenvalue weighted by Crippen LogP contribution is 2.16. The van der Waals surface area contributed by atoms with Crippen molar-refractivity contribution in [1.29, 1.82) is 0 Å². The first-order valence-corrected chi connectivity index (χ1v) is 4.94. The van der Waals surface area contributed by atoms with Gasteiger partial charge < -0.3 is 4.74 Å². The molecule has 0 spiro atoms. The molecular formula is C9H13NO2S. The van der Waals surface area contributed by atoms with Crippen molar-refractivity contribution < 1.29 is 9.53 Å². The molecule has 2 N–H and O–H groups in total. The second kappa shape index (κ2) is 4.50. The number of ether oxygens (including phenoxy) is 1. The van der Waals surface area contributed by atoms with E-state index in [1.54, 1.807) is 6.07 Å². The molecule has 3 nitrogen and oxygen atoms in total. The van der Waals surface area contributed by atoms with Crippen LogP contribution in [0.1, 0.15) is 21.5 Å². The van der Waals surface area contributed by atoms with Gasteiger partial charge in [0.25, 0.3) is 0 Å². The Kier molecular flexibility index (Phi) is 3.59. The van der Waals surface area contributed by atoms with Crippen LogP contribution in [0.4, 0.5) is 0 Å². The van der Waals surface area contributed by atoms with Gasteiger partial charge in [0.15, 0.2) is 6.23 Å². The lowest BCUT2D eigenvalue weighted by molar-refractivity contribution is 0.0483. The van der Waals surface area contributed by atoms with Crippen LogP contribution in [0.25, 0.3) is 0 Å². The van der Waals surface area contributed by atoms with E-state index in [2.05, 4.69) is 0 Å². The Hall–Kier alpha value is -0.710. The number of carbonyl (C=O) groups is 1. The van der Waals surface area contributed by atoms with E-state index in [1.165, 1.54) is 11.3 Å². The lowest BCUT2D eigenvalue weighted by atomic mass is 10.3. The van der Waals surface area contributed by atoms with Gasteiger partial charge in [0, 0.05) is 11.5 Å². The number of rotatable bonds is 4. The molecule has 4 heteroatoms. The quantitative estimate of drug-likeness (QED) is 0.591. The fourth-order valence-corrected chi connectivity index (χ4v) is 1.80. The Labute approximate surface area is 81.5 Å². The molecule has 72 valence electrons. The van der Waals surface area contributed by atoms with Crippen LogP contribution in [0.2, 0.25) is 0 Å². The molecule has 0 aliphatic heterocycles. The maximum atomic E-state index is 11.5. The Morgan fingerprint density at radius 1 is 1.69 bits per heavy atom. The predicted molar refractivity (Wildman–Crippen MR) is 53.0 cm³/mol. The number of thiophene rings is 1. The summed E-state index contributed by atoms with van der Waals surface area (Å²) in [6, 6.07) is 3.68. The highest BCUT2D eigenvalue weighted by Gasteiger charge is 2.16. The first-order chi connectivity index (χ1) is 6.15. The van der Waals surface area contributed by atoms with Crippen LogP contribution >= 0.6 is 11.3 Å². The van der Waals surface area contributed by atoms with Crippen molar-refractivity contribution in [2.24, 2.45) is 5.73 Å². The molecule has 1 unspecified atom stereocenters. The lowest BCUT2D eigenvalue weighted by Crippen LogP contribution is -2.32. The zero-order valence-corrected chi connectivity index (χ0v) is 8.56. The van der Waals surface area contributed by atoms with E-state index in [1.807, 2.05) is 19.9 Å². The summed E-state index contributed by atoms with van der Waals surface area (Å²) in [6.45, 7) is 4.22. The third-order valence-corrected chi connectivity index (χ3v) is 2.60. The van der Waals surface area contributed by atoms with E-state index in [9.17, 15) is 4.79 Å². The monoisotopic (exact) mass is 199 g/mol. The van der Waals surface area contributed by atoms with E-state index in [-0.39, 0.29) is 5.78 Å². The maximum absolute atomic E-state index is 11.5.